The van der Waals surface area contributed by atoms with Crippen molar-refractivity contribution in [3.63, 3.8) is 0 Å². The van der Waals surface area contributed by atoms with Crippen LogP contribution in [0.1, 0.15) is 18.4 Å². The lowest BCUT2D eigenvalue weighted by molar-refractivity contribution is 0.125. The van der Waals surface area contributed by atoms with E-state index in [-0.39, 0.29) is 29.0 Å². The highest BCUT2D eigenvalue weighted by molar-refractivity contribution is 7.91. The van der Waals surface area contributed by atoms with Crippen LogP contribution in [0.2, 0.25) is 0 Å². The highest BCUT2D eigenvalue weighted by Crippen LogP contribution is 2.26. The average Bonchev–Trinajstić information content (AvgIpc) is 2.75. The van der Waals surface area contributed by atoms with Gasteiger partial charge in [-0.25, -0.2) is 16.8 Å². The van der Waals surface area contributed by atoms with Crippen LogP contribution >= 0.6 is 0 Å². The molecule has 0 N–H and O–H groups in total. The summed E-state index contributed by atoms with van der Waals surface area (Å²) in [6.07, 6.45) is 6.00. The fourth-order valence-corrected chi connectivity index (χ4v) is 6.25. The molecule has 0 aliphatic carbocycles. The number of rotatable bonds is 9. The van der Waals surface area contributed by atoms with Crippen molar-refractivity contribution in [2.24, 2.45) is 0 Å². The average molecular weight is 468 g/mol. The molecule has 1 aliphatic rings. The lowest BCUT2D eigenvalue weighted by Crippen LogP contribution is -2.48. The van der Waals surface area contributed by atoms with Gasteiger partial charge >= 0.3 is 0 Å². The van der Waals surface area contributed by atoms with E-state index in [1.165, 1.54) is 41.2 Å². The summed E-state index contributed by atoms with van der Waals surface area (Å²) in [5, 5.41) is 0. The van der Waals surface area contributed by atoms with Crippen LogP contribution in [0.25, 0.3) is 0 Å². The third-order valence-corrected chi connectivity index (χ3v) is 8.53. The number of benzene rings is 1. The summed E-state index contributed by atoms with van der Waals surface area (Å²) >= 11 is 0. The molecule has 0 spiro atoms. The van der Waals surface area contributed by atoms with Crippen LogP contribution in [0.4, 0.5) is 0 Å². The smallest absolute Gasteiger partial charge is 0.243 e. The van der Waals surface area contributed by atoms with Crippen molar-refractivity contribution in [3.8, 4) is 0 Å². The van der Waals surface area contributed by atoms with Crippen molar-refractivity contribution in [2.75, 3.05) is 39.6 Å². The van der Waals surface area contributed by atoms with Gasteiger partial charge in [-0.15, -0.1) is 0 Å². The third-order valence-electron chi connectivity index (χ3n) is 5.48. The maximum Gasteiger partial charge on any atom is 0.243 e. The number of pyridine rings is 1. The maximum absolute atomic E-state index is 13.4. The maximum atomic E-state index is 13.4. The van der Waals surface area contributed by atoms with Crippen LogP contribution in [-0.4, -0.2) is 76.7 Å². The fourth-order valence-electron chi connectivity index (χ4n) is 3.79. The topological polar surface area (TPSA) is 96.9 Å². The van der Waals surface area contributed by atoms with E-state index in [9.17, 15) is 16.8 Å². The normalized spacial score (nSPS) is 16.6. The summed E-state index contributed by atoms with van der Waals surface area (Å²) in [7, 11) is -5.84. The number of likely N-dealkylation sites (tertiary alicyclic amines) is 1. The van der Waals surface area contributed by atoms with E-state index in [1.807, 2.05) is 12.1 Å². The summed E-state index contributed by atoms with van der Waals surface area (Å²) in [4.78, 5) is 6.33. The molecule has 0 radical (unpaired) electrons. The van der Waals surface area contributed by atoms with Gasteiger partial charge in [-0.05, 0) is 48.7 Å². The molecule has 1 fully saturated rings. The third kappa shape index (κ3) is 6.11. The van der Waals surface area contributed by atoms with Gasteiger partial charge in [0.05, 0.1) is 16.4 Å². The summed E-state index contributed by atoms with van der Waals surface area (Å²) in [5.41, 5.74) is 1.18. The minimum atomic E-state index is -3.87. The van der Waals surface area contributed by atoms with Crippen molar-refractivity contribution >= 4 is 19.9 Å². The molecule has 3 rings (SSSR count). The molecule has 0 saturated carbocycles. The van der Waals surface area contributed by atoms with Gasteiger partial charge < -0.3 is 4.74 Å². The Labute approximate surface area is 184 Å². The molecular weight excluding hydrogens is 438 g/mol. The summed E-state index contributed by atoms with van der Waals surface area (Å²) in [5.74, 6) is 0. The van der Waals surface area contributed by atoms with E-state index in [2.05, 4.69) is 9.88 Å². The number of ether oxygens (including phenoxy) is 1. The molecule has 2 heterocycles. The van der Waals surface area contributed by atoms with E-state index in [1.54, 1.807) is 12.4 Å². The Morgan fingerprint density at radius 1 is 1.06 bits per heavy atom. The van der Waals surface area contributed by atoms with Crippen LogP contribution in [0.5, 0.6) is 0 Å². The first-order valence-corrected chi connectivity index (χ1v) is 13.5. The second kappa shape index (κ2) is 10.2. The summed E-state index contributed by atoms with van der Waals surface area (Å²) in [6.45, 7) is 2.83. The van der Waals surface area contributed by atoms with Crippen LogP contribution in [0.3, 0.4) is 0 Å². The van der Waals surface area contributed by atoms with Gasteiger partial charge in [-0.2, -0.15) is 4.31 Å². The Morgan fingerprint density at radius 2 is 1.71 bits per heavy atom. The van der Waals surface area contributed by atoms with Crippen molar-refractivity contribution in [2.45, 2.75) is 35.2 Å². The van der Waals surface area contributed by atoms with E-state index in [0.29, 0.717) is 12.8 Å². The Balaban J connectivity index is 1.77. The Morgan fingerprint density at radius 3 is 2.32 bits per heavy atom. The van der Waals surface area contributed by atoms with Gasteiger partial charge in [0.15, 0.2) is 9.84 Å². The number of hydrogen-bond donors (Lipinski definition) is 0. The summed E-state index contributed by atoms with van der Waals surface area (Å²) < 4.78 is 57.3. The lowest BCUT2D eigenvalue weighted by atomic mass is 10.0. The fraction of sp³-hybridized carbons (Fsp3) is 0.476. The molecule has 1 aromatic carbocycles. The Hall–Kier alpha value is -1.85. The largest absolute Gasteiger partial charge is 0.383 e. The van der Waals surface area contributed by atoms with Crippen molar-refractivity contribution in [1.82, 2.24) is 14.2 Å². The van der Waals surface area contributed by atoms with Crippen molar-refractivity contribution in [3.05, 3.63) is 54.4 Å². The van der Waals surface area contributed by atoms with E-state index < -0.39 is 19.9 Å². The number of sulfone groups is 1. The SMILES string of the molecule is COCCN(C1CCN(Cc2ccncc2)CC1)S(=O)(=O)c1cccc(S(C)(=O)=O)c1. The number of methoxy groups -OCH3 is 1. The minimum Gasteiger partial charge on any atom is -0.383 e. The standard InChI is InChI=1S/C21H29N3O5S2/c1-29-15-14-24(31(27,28)21-5-3-4-20(16-21)30(2,25)26)19-8-12-23(13-9-19)17-18-6-10-22-11-7-18/h3-7,10-11,16,19H,8-9,12-15,17H2,1-2H3. The molecule has 10 heteroatoms. The van der Waals surface area contributed by atoms with Crippen LogP contribution in [0, 0.1) is 0 Å². The Bertz CT molecular complexity index is 1070. The first-order valence-electron chi connectivity index (χ1n) is 10.1. The monoisotopic (exact) mass is 467 g/mol. The predicted molar refractivity (Wildman–Crippen MR) is 118 cm³/mol. The zero-order chi connectivity index (χ0) is 22.5. The van der Waals surface area contributed by atoms with Gasteiger partial charge in [-0.3, -0.25) is 9.88 Å². The number of sulfonamides is 1. The molecular formula is C21H29N3O5S2. The van der Waals surface area contributed by atoms with Crippen LogP contribution in [-0.2, 0) is 31.1 Å². The number of aromatic nitrogens is 1. The summed E-state index contributed by atoms with van der Waals surface area (Å²) in [6, 6.07) is 9.36. The van der Waals surface area contributed by atoms with E-state index in [0.717, 1.165) is 25.9 Å². The number of nitrogens with zero attached hydrogens (tertiary/aromatic N) is 3. The molecule has 2 aromatic rings. The van der Waals surface area contributed by atoms with E-state index >= 15 is 0 Å². The molecule has 0 bridgehead atoms. The molecule has 8 nitrogen and oxygen atoms in total. The molecule has 0 amide bonds. The van der Waals surface area contributed by atoms with Crippen LogP contribution < -0.4 is 0 Å². The minimum absolute atomic E-state index is 0.00700. The zero-order valence-corrected chi connectivity index (χ0v) is 19.5. The van der Waals surface area contributed by atoms with Gasteiger partial charge in [0.2, 0.25) is 10.0 Å². The predicted octanol–water partition coefficient (Wildman–Crippen LogP) is 1.79. The van der Waals surface area contributed by atoms with Crippen LogP contribution in [0.15, 0.2) is 58.6 Å². The van der Waals surface area contributed by atoms with Gasteiger partial charge in [0, 0.05) is 58.0 Å². The van der Waals surface area contributed by atoms with Crippen molar-refractivity contribution in [1.29, 1.82) is 0 Å². The van der Waals surface area contributed by atoms with Gasteiger partial charge in [0.25, 0.3) is 0 Å². The molecule has 0 atom stereocenters. The highest BCUT2D eigenvalue weighted by atomic mass is 32.2. The highest BCUT2D eigenvalue weighted by Gasteiger charge is 2.34. The first kappa shape index (κ1) is 23.8. The second-order valence-electron chi connectivity index (χ2n) is 7.72. The number of hydrogen-bond acceptors (Lipinski definition) is 7. The Kier molecular flexibility index (Phi) is 7.82. The zero-order valence-electron chi connectivity index (χ0n) is 17.8. The van der Waals surface area contributed by atoms with E-state index in [4.69, 9.17) is 4.74 Å². The molecule has 31 heavy (non-hydrogen) atoms. The lowest BCUT2D eigenvalue weighted by Gasteiger charge is -2.37. The quantitative estimate of drug-likeness (QED) is 0.555. The molecule has 1 aliphatic heterocycles. The first-order chi connectivity index (χ1) is 14.7. The molecule has 170 valence electrons. The molecule has 1 aromatic heterocycles. The van der Waals surface area contributed by atoms with Gasteiger partial charge in [0.1, 0.15) is 0 Å². The second-order valence-corrected chi connectivity index (χ2v) is 11.6. The molecule has 0 unspecified atom stereocenters. The number of piperidine rings is 1. The van der Waals surface area contributed by atoms with Crippen molar-refractivity contribution < 1.29 is 21.6 Å². The van der Waals surface area contributed by atoms with Gasteiger partial charge in [-0.1, -0.05) is 6.07 Å². The molecule has 1 saturated heterocycles.